The van der Waals surface area contributed by atoms with E-state index in [1.807, 2.05) is 18.2 Å². The SMILES string of the molecule is O=C(Oc1cccc2c1OCC2)N1CC=CCCC1. The van der Waals surface area contributed by atoms with Gasteiger partial charge in [-0.05, 0) is 18.9 Å². The molecule has 0 N–H and O–H groups in total. The number of carbonyl (C=O) groups excluding carboxylic acids is 1. The zero-order chi connectivity index (χ0) is 13.1. The number of amides is 1. The molecule has 2 aliphatic rings. The summed E-state index contributed by atoms with van der Waals surface area (Å²) in [6, 6.07) is 5.70. The molecule has 19 heavy (non-hydrogen) atoms. The highest BCUT2D eigenvalue weighted by Crippen LogP contribution is 2.35. The third-order valence-electron chi connectivity index (χ3n) is 3.43. The van der Waals surface area contributed by atoms with Crippen molar-refractivity contribution < 1.29 is 14.3 Å². The lowest BCUT2D eigenvalue weighted by molar-refractivity contribution is 0.156. The Hall–Kier alpha value is -1.97. The maximum Gasteiger partial charge on any atom is 0.415 e. The Morgan fingerprint density at radius 3 is 3.21 bits per heavy atom. The lowest BCUT2D eigenvalue weighted by atomic mass is 10.1. The summed E-state index contributed by atoms with van der Waals surface area (Å²) < 4.78 is 11.0. The molecule has 0 bridgehead atoms. The molecule has 0 unspecified atom stereocenters. The molecule has 4 nitrogen and oxygen atoms in total. The molecule has 0 saturated carbocycles. The van der Waals surface area contributed by atoms with E-state index < -0.39 is 0 Å². The molecule has 100 valence electrons. The molecule has 3 rings (SSSR count). The van der Waals surface area contributed by atoms with Crippen molar-refractivity contribution in [3.05, 3.63) is 35.9 Å². The van der Waals surface area contributed by atoms with E-state index in [0.29, 0.717) is 18.9 Å². The Bertz CT molecular complexity index is 510. The van der Waals surface area contributed by atoms with Crippen molar-refractivity contribution in [2.75, 3.05) is 19.7 Å². The molecule has 0 aromatic heterocycles. The molecular weight excluding hydrogens is 242 g/mol. The highest BCUT2D eigenvalue weighted by molar-refractivity contribution is 5.72. The molecule has 0 spiro atoms. The summed E-state index contributed by atoms with van der Waals surface area (Å²) in [6.07, 6.45) is 6.71. The molecular formula is C15H17NO3. The summed E-state index contributed by atoms with van der Waals surface area (Å²) in [4.78, 5) is 13.9. The minimum atomic E-state index is -0.296. The Morgan fingerprint density at radius 2 is 2.26 bits per heavy atom. The molecule has 0 saturated heterocycles. The molecule has 0 atom stereocenters. The summed E-state index contributed by atoms with van der Waals surface area (Å²) >= 11 is 0. The van der Waals surface area contributed by atoms with Crippen molar-refractivity contribution in [2.24, 2.45) is 0 Å². The highest BCUT2D eigenvalue weighted by Gasteiger charge is 2.21. The second-order valence-corrected chi connectivity index (χ2v) is 4.77. The zero-order valence-electron chi connectivity index (χ0n) is 10.8. The summed E-state index contributed by atoms with van der Waals surface area (Å²) in [5.41, 5.74) is 1.11. The topological polar surface area (TPSA) is 38.8 Å². The predicted molar refractivity (Wildman–Crippen MR) is 71.6 cm³/mol. The molecule has 4 heteroatoms. The van der Waals surface area contributed by atoms with Gasteiger partial charge in [0.2, 0.25) is 0 Å². The first-order valence-electron chi connectivity index (χ1n) is 6.71. The number of para-hydroxylation sites is 1. The van der Waals surface area contributed by atoms with Gasteiger partial charge in [0.05, 0.1) is 6.61 Å². The van der Waals surface area contributed by atoms with Crippen LogP contribution in [0.15, 0.2) is 30.4 Å². The number of rotatable bonds is 1. The first-order valence-corrected chi connectivity index (χ1v) is 6.71. The van der Waals surface area contributed by atoms with Crippen LogP contribution in [0.25, 0.3) is 0 Å². The van der Waals surface area contributed by atoms with Gasteiger partial charge in [0.15, 0.2) is 11.5 Å². The molecule has 1 amide bonds. The van der Waals surface area contributed by atoms with Crippen LogP contribution in [0.1, 0.15) is 18.4 Å². The second kappa shape index (κ2) is 5.34. The van der Waals surface area contributed by atoms with Crippen molar-refractivity contribution >= 4 is 6.09 Å². The fourth-order valence-electron chi connectivity index (χ4n) is 2.40. The number of benzene rings is 1. The van der Waals surface area contributed by atoms with E-state index >= 15 is 0 Å². The van der Waals surface area contributed by atoms with Gasteiger partial charge in [0, 0.05) is 25.1 Å². The van der Waals surface area contributed by atoms with Gasteiger partial charge in [0.1, 0.15) is 0 Å². The largest absolute Gasteiger partial charge is 0.489 e. The van der Waals surface area contributed by atoms with Crippen LogP contribution in [-0.4, -0.2) is 30.7 Å². The fraction of sp³-hybridized carbons (Fsp3) is 0.400. The van der Waals surface area contributed by atoms with Crippen LogP contribution in [-0.2, 0) is 6.42 Å². The van der Waals surface area contributed by atoms with E-state index in [2.05, 4.69) is 6.08 Å². The first kappa shape index (κ1) is 12.1. The van der Waals surface area contributed by atoms with Crippen molar-refractivity contribution in [2.45, 2.75) is 19.3 Å². The van der Waals surface area contributed by atoms with Gasteiger partial charge < -0.3 is 14.4 Å². The highest BCUT2D eigenvalue weighted by atomic mass is 16.6. The van der Waals surface area contributed by atoms with Crippen molar-refractivity contribution in [1.82, 2.24) is 4.90 Å². The van der Waals surface area contributed by atoms with Crippen LogP contribution in [0.5, 0.6) is 11.5 Å². The number of ether oxygens (including phenoxy) is 2. The third-order valence-corrected chi connectivity index (χ3v) is 3.43. The van der Waals surface area contributed by atoms with Gasteiger partial charge in [-0.25, -0.2) is 4.79 Å². The Labute approximate surface area is 112 Å². The second-order valence-electron chi connectivity index (χ2n) is 4.77. The number of carbonyl (C=O) groups is 1. The minimum Gasteiger partial charge on any atom is -0.489 e. The van der Waals surface area contributed by atoms with Crippen LogP contribution < -0.4 is 9.47 Å². The standard InChI is InChI=1S/C15H17NO3/c17-15(16-9-3-1-2-4-10-16)19-13-7-5-6-12-8-11-18-14(12)13/h1,3,5-7H,2,4,8-11H2. The van der Waals surface area contributed by atoms with Gasteiger partial charge in [-0.1, -0.05) is 24.3 Å². The maximum atomic E-state index is 12.1. The molecule has 1 aromatic carbocycles. The Balaban J connectivity index is 1.73. The Kier molecular flexibility index (Phi) is 3.40. The number of hydrogen-bond acceptors (Lipinski definition) is 3. The Morgan fingerprint density at radius 1 is 1.32 bits per heavy atom. The smallest absolute Gasteiger partial charge is 0.415 e. The molecule has 2 heterocycles. The summed E-state index contributed by atoms with van der Waals surface area (Å²) in [7, 11) is 0. The lowest BCUT2D eigenvalue weighted by Crippen LogP contribution is -2.34. The number of fused-ring (bicyclic) bond motifs is 1. The molecule has 0 fully saturated rings. The molecule has 0 radical (unpaired) electrons. The lowest BCUT2D eigenvalue weighted by Gasteiger charge is -2.19. The van der Waals surface area contributed by atoms with Crippen LogP contribution >= 0.6 is 0 Å². The van der Waals surface area contributed by atoms with Gasteiger partial charge in [-0.2, -0.15) is 0 Å². The molecule has 1 aromatic rings. The average molecular weight is 259 g/mol. The van der Waals surface area contributed by atoms with Crippen LogP contribution in [0.3, 0.4) is 0 Å². The van der Waals surface area contributed by atoms with E-state index in [4.69, 9.17) is 9.47 Å². The minimum absolute atomic E-state index is 0.296. The monoisotopic (exact) mass is 259 g/mol. The number of hydrogen-bond donors (Lipinski definition) is 0. The van der Waals surface area contributed by atoms with Gasteiger partial charge in [0.25, 0.3) is 0 Å². The van der Waals surface area contributed by atoms with E-state index in [0.717, 1.165) is 37.1 Å². The number of allylic oxidation sites excluding steroid dienone is 1. The van der Waals surface area contributed by atoms with E-state index in [1.54, 1.807) is 11.0 Å². The van der Waals surface area contributed by atoms with Gasteiger partial charge in [-0.3, -0.25) is 0 Å². The molecule has 0 aliphatic carbocycles. The van der Waals surface area contributed by atoms with E-state index in [1.165, 1.54) is 0 Å². The predicted octanol–water partition coefficient (Wildman–Crippen LogP) is 2.77. The fourth-order valence-corrected chi connectivity index (χ4v) is 2.40. The first-order chi connectivity index (χ1) is 9.34. The third kappa shape index (κ3) is 2.57. The van der Waals surface area contributed by atoms with Crippen LogP contribution in [0.2, 0.25) is 0 Å². The quantitative estimate of drug-likeness (QED) is 0.728. The van der Waals surface area contributed by atoms with Crippen LogP contribution in [0, 0.1) is 0 Å². The molecule has 2 aliphatic heterocycles. The van der Waals surface area contributed by atoms with E-state index in [9.17, 15) is 4.79 Å². The summed E-state index contributed by atoms with van der Waals surface area (Å²) in [6.45, 7) is 2.02. The van der Waals surface area contributed by atoms with E-state index in [-0.39, 0.29) is 6.09 Å². The normalized spacial score (nSPS) is 17.6. The van der Waals surface area contributed by atoms with Crippen LogP contribution in [0.4, 0.5) is 4.79 Å². The van der Waals surface area contributed by atoms with Crippen molar-refractivity contribution in [3.8, 4) is 11.5 Å². The summed E-state index contributed by atoms with van der Waals surface area (Å²) in [5, 5.41) is 0. The zero-order valence-corrected chi connectivity index (χ0v) is 10.8. The maximum absolute atomic E-state index is 12.1. The van der Waals surface area contributed by atoms with Gasteiger partial charge >= 0.3 is 6.09 Å². The van der Waals surface area contributed by atoms with Crippen molar-refractivity contribution in [3.63, 3.8) is 0 Å². The van der Waals surface area contributed by atoms with Crippen molar-refractivity contribution in [1.29, 1.82) is 0 Å². The summed E-state index contributed by atoms with van der Waals surface area (Å²) in [5.74, 6) is 1.26. The average Bonchev–Trinajstić information content (AvgIpc) is 2.73. The van der Waals surface area contributed by atoms with Gasteiger partial charge in [-0.15, -0.1) is 0 Å². The number of nitrogens with zero attached hydrogens (tertiary/aromatic N) is 1.